The molecule has 2 aromatic heterocycles. The van der Waals surface area contributed by atoms with Gasteiger partial charge in [0.25, 0.3) is 0 Å². The molecule has 2 rings (SSSR count). The number of likely N-dealkylation sites (N-methyl/N-ethyl adjacent to an activating group) is 1. The smallest absolute Gasteiger partial charge is 0.323 e. The molecule has 2 heterocycles. The Hall–Kier alpha value is -2.18. The van der Waals surface area contributed by atoms with Gasteiger partial charge in [-0.3, -0.25) is 4.79 Å². The third-order valence-electron chi connectivity index (χ3n) is 2.21. The number of aromatic amines is 1. The van der Waals surface area contributed by atoms with Crippen molar-refractivity contribution < 1.29 is 9.90 Å². The van der Waals surface area contributed by atoms with E-state index in [1.54, 1.807) is 4.90 Å². The first-order valence-electron chi connectivity index (χ1n) is 4.83. The number of imidazole rings is 1. The Bertz CT molecular complexity index is 509. The number of aromatic nitrogens is 4. The number of H-pyrrole nitrogens is 1. The van der Waals surface area contributed by atoms with E-state index in [-0.39, 0.29) is 6.54 Å². The molecule has 0 aromatic carbocycles. The second-order valence-electron chi connectivity index (χ2n) is 3.21. The Morgan fingerprint density at radius 2 is 2.31 bits per heavy atom. The van der Waals surface area contributed by atoms with Gasteiger partial charge in [-0.15, -0.1) is 0 Å². The van der Waals surface area contributed by atoms with Gasteiger partial charge in [0.05, 0.1) is 6.33 Å². The van der Waals surface area contributed by atoms with E-state index in [1.165, 1.54) is 12.7 Å². The summed E-state index contributed by atoms with van der Waals surface area (Å²) in [4.78, 5) is 27.3. The third-order valence-corrected chi connectivity index (χ3v) is 2.21. The van der Waals surface area contributed by atoms with Crippen molar-refractivity contribution in [2.45, 2.75) is 6.92 Å². The summed E-state index contributed by atoms with van der Waals surface area (Å²) >= 11 is 0. The first-order chi connectivity index (χ1) is 7.72. The zero-order valence-corrected chi connectivity index (χ0v) is 8.71. The average Bonchev–Trinajstić information content (AvgIpc) is 2.73. The summed E-state index contributed by atoms with van der Waals surface area (Å²) in [5, 5.41) is 8.79. The third kappa shape index (κ3) is 1.79. The molecule has 0 bridgehead atoms. The highest BCUT2D eigenvalue weighted by atomic mass is 16.4. The van der Waals surface area contributed by atoms with Gasteiger partial charge in [-0.2, -0.15) is 0 Å². The predicted molar refractivity (Wildman–Crippen MR) is 57.2 cm³/mol. The quantitative estimate of drug-likeness (QED) is 0.769. The summed E-state index contributed by atoms with van der Waals surface area (Å²) in [7, 11) is 0. The number of anilines is 1. The molecule has 0 radical (unpaired) electrons. The maximum absolute atomic E-state index is 10.7. The van der Waals surface area contributed by atoms with Gasteiger partial charge >= 0.3 is 5.97 Å². The fourth-order valence-corrected chi connectivity index (χ4v) is 1.49. The van der Waals surface area contributed by atoms with E-state index >= 15 is 0 Å². The van der Waals surface area contributed by atoms with Crippen LogP contribution in [-0.4, -0.2) is 44.1 Å². The molecule has 0 atom stereocenters. The first kappa shape index (κ1) is 10.3. The zero-order valence-electron chi connectivity index (χ0n) is 8.71. The number of nitrogens with zero attached hydrogens (tertiary/aromatic N) is 4. The number of fused-ring (bicyclic) bond motifs is 1. The van der Waals surface area contributed by atoms with Crippen LogP contribution in [0.4, 0.5) is 5.82 Å². The molecule has 0 amide bonds. The Balaban J connectivity index is 2.43. The zero-order chi connectivity index (χ0) is 11.5. The second kappa shape index (κ2) is 4.13. The van der Waals surface area contributed by atoms with Crippen LogP contribution in [0.3, 0.4) is 0 Å². The minimum Gasteiger partial charge on any atom is -0.480 e. The lowest BCUT2D eigenvalue weighted by Crippen LogP contribution is -2.30. The van der Waals surface area contributed by atoms with Crippen molar-refractivity contribution in [3.05, 3.63) is 12.7 Å². The van der Waals surface area contributed by atoms with Crippen LogP contribution in [0.1, 0.15) is 6.92 Å². The van der Waals surface area contributed by atoms with Gasteiger partial charge in [-0.25, -0.2) is 15.0 Å². The van der Waals surface area contributed by atoms with Crippen molar-refractivity contribution in [3.8, 4) is 0 Å². The summed E-state index contributed by atoms with van der Waals surface area (Å²) in [6.45, 7) is 2.33. The second-order valence-corrected chi connectivity index (χ2v) is 3.21. The molecule has 0 saturated heterocycles. The number of carboxylic acids is 1. The number of nitrogens with one attached hydrogen (secondary N) is 1. The monoisotopic (exact) mass is 221 g/mol. The van der Waals surface area contributed by atoms with Gasteiger partial charge in [0.2, 0.25) is 0 Å². The fraction of sp³-hybridized carbons (Fsp3) is 0.333. The largest absolute Gasteiger partial charge is 0.480 e. The number of carbonyl (C=O) groups is 1. The van der Waals surface area contributed by atoms with Crippen molar-refractivity contribution in [2.24, 2.45) is 0 Å². The first-order valence-corrected chi connectivity index (χ1v) is 4.83. The van der Waals surface area contributed by atoms with Crippen LogP contribution < -0.4 is 4.90 Å². The molecular formula is C9H11N5O2. The summed E-state index contributed by atoms with van der Waals surface area (Å²) in [5.41, 5.74) is 1.19. The van der Waals surface area contributed by atoms with Crippen LogP contribution in [0.25, 0.3) is 11.2 Å². The van der Waals surface area contributed by atoms with Gasteiger partial charge < -0.3 is 15.0 Å². The van der Waals surface area contributed by atoms with Crippen LogP contribution >= 0.6 is 0 Å². The van der Waals surface area contributed by atoms with Crippen LogP contribution in [0.2, 0.25) is 0 Å². The van der Waals surface area contributed by atoms with Crippen LogP contribution in [0.5, 0.6) is 0 Å². The Labute approximate surface area is 91.2 Å². The van der Waals surface area contributed by atoms with Crippen LogP contribution in [-0.2, 0) is 4.79 Å². The standard InChI is InChI=1S/C9H11N5O2/c1-2-14(3-6(15)16)9-7-8(11-4-10-7)12-5-13-9/h4-5H,2-3H2,1H3,(H,15,16)(H,10,11,12,13). The van der Waals surface area contributed by atoms with Gasteiger partial charge in [0, 0.05) is 6.54 Å². The molecule has 0 spiro atoms. The lowest BCUT2D eigenvalue weighted by molar-refractivity contribution is -0.135. The van der Waals surface area contributed by atoms with Gasteiger partial charge in [0.1, 0.15) is 18.4 Å². The predicted octanol–water partition coefficient (Wildman–Crippen LogP) is 0.264. The normalized spacial score (nSPS) is 10.6. The molecule has 0 saturated carbocycles. The van der Waals surface area contributed by atoms with Crippen molar-refractivity contribution in [1.29, 1.82) is 0 Å². The number of hydrogen-bond donors (Lipinski definition) is 2. The number of hydrogen-bond acceptors (Lipinski definition) is 5. The number of aliphatic carboxylic acids is 1. The van der Waals surface area contributed by atoms with Crippen molar-refractivity contribution in [3.63, 3.8) is 0 Å². The molecule has 0 unspecified atom stereocenters. The Kier molecular flexibility index (Phi) is 2.67. The van der Waals surface area contributed by atoms with E-state index in [0.717, 1.165) is 0 Å². The van der Waals surface area contributed by atoms with Crippen molar-refractivity contribution in [2.75, 3.05) is 18.0 Å². The van der Waals surface area contributed by atoms with Gasteiger partial charge in [-0.05, 0) is 6.92 Å². The van der Waals surface area contributed by atoms with Crippen LogP contribution in [0.15, 0.2) is 12.7 Å². The van der Waals surface area contributed by atoms with E-state index in [4.69, 9.17) is 5.11 Å². The molecule has 7 heteroatoms. The molecule has 0 aliphatic heterocycles. The van der Waals surface area contributed by atoms with Crippen molar-refractivity contribution >= 4 is 23.0 Å². The molecule has 84 valence electrons. The van der Waals surface area contributed by atoms with E-state index in [0.29, 0.717) is 23.5 Å². The number of carboxylic acid groups (broad SMARTS) is 1. The Morgan fingerprint density at radius 1 is 1.50 bits per heavy atom. The van der Waals surface area contributed by atoms with Crippen molar-refractivity contribution in [1.82, 2.24) is 19.9 Å². The minimum absolute atomic E-state index is 0.0956. The molecule has 2 N–H and O–H groups in total. The maximum Gasteiger partial charge on any atom is 0.323 e. The topological polar surface area (TPSA) is 95.0 Å². The van der Waals surface area contributed by atoms with E-state index in [9.17, 15) is 4.79 Å². The molecule has 0 aliphatic rings. The molecule has 0 aliphatic carbocycles. The lowest BCUT2D eigenvalue weighted by Gasteiger charge is -2.19. The van der Waals surface area contributed by atoms with Gasteiger partial charge in [0.15, 0.2) is 11.5 Å². The highest BCUT2D eigenvalue weighted by Gasteiger charge is 2.14. The lowest BCUT2D eigenvalue weighted by atomic mass is 10.4. The fourth-order valence-electron chi connectivity index (χ4n) is 1.49. The van der Waals surface area contributed by atoms with E-state index in [1.807, 2.05) is 6.92 Å². The van der Waals surface area contributed by atoms with Gasteiger partial charge in [-0.1, -0.05) is 0 Å². The number of rotatable bonds is 4. The average molecular weight is 221 g/mol. The molecule has 0 fully saturated rings. The van der Waals surface area contributed by atoms with E-state index in [2.05, 4.69) is 19.9 Å². The summed E-state index contributed by atoms with van der Waals surface area (Å²) in [5.74, 6) is -0.333. The Morgan fingerprint density at radius 3 is 3.00 bits per heavy atom. The molecule has 7 nitrogen and oxygen atoms in total. The highest BCUT2D eigenvalue weighted by Crippen LogP contribution is 2.18. The molecule has 16 heavy (non-hydrogen) atoms. The minimum atomic E-state index is -0.895. The SMILES string of the molecule is CCN(CC(=O)O)c1ncnc2nc[nH]c12. The molecule has 2 aromatic rings. The molecular weight excluding hydrogens is 210 g/mol. The van der Waals surface area contributed by atoms with E-state index < -0.39 is 5.97 Å². The summed E-state index contributed by atoms with van der Waals surface area (Å²) in [6.07, 6.45) is 2.89. The highest BCUT2D eigenvalue weighted by molar-refractivity contribution is 5.85. The van der Waals surface area contributed by atoms with Crippen LogP contribution in [0, 0.1) is 0 Å². The summed E-state index contributed by atoms with van der Waals surface area (Å²) < 4.78 is 0. The maximum atomic E-state index is 10.7. The summed E-state index contributed by atoms with van der Waals surface area (Å²) in [6, 6.07) is 0.